The van der Waals surface area contributed by atoms with Crippen molar-refractivity contribution in [3.63, 3.8) is 0 Å². The molecule has 0 unspecified atom stereocenters. The standard InChI is InChI=1S/C15H11F/c1-3-12-8-14(10-15(16)9-12)13-6-4-5-11(2)7-13/h1,4-10H,2H3. The molecule has 0 spiro atoms. The van der Waals surface area contributed by atoms with Crippen molar-refractivity contribution in [3.05, 3.63) is 59.4 Å². The molecule has 0 N–H and O–H groups in total. The number of halogens is 1. The Balaban J connectivity index is 2.56. The predicted molar refractivity (Wildman–Crippen MR) is 64.5 cm³/mol. The van der Waals surface area contributed by atoms with Crippen LogP contribution in [0.25, 0.3) is 11.1 Å². The monoisotopic (exact) mass is 210 g/mol. The second-order valence-electron chi connectivity index (χ2n) is 3.74. The summed E-state index contributed by atoms with van der Waals surface area (Å²) in [6, 6.07) is 12.6. The minimum absolute atomic E-state index is 0.299. The molecule has 78 valence electrons. The summed E-state index contributed by atoms with van der Waals surface area (Å²) in [5.74, 6) is 2.15. The van der Waals surface area contributed by atoms with Gasteiger partial charge in [0, 0.05) is 5.56 Å². The van der Waals surface area contributed by atoms with Crippen LogP contribution < -0.4 is 0 Å². The van der Waals surface area contributed by atoms with Gasteiger partial charge in [-0.2, -0.15) is 0 Å². The molecule has 2 aromatic rings. The Morgan fingerprint density at radius 3 is 2.56 bits per heavy atom. The molecule has 0 saturated heterocycles. The van der Waals surface area contributed by atoms with Gasteiger partial charge >= 0.3 is 0 Å². The van der Waals surface area contributed by atoms with Crippen LogP contribution in [-0.2, 0) is 0 Å². The lowest BCUT2D eigenvalue weighted by atomic mass is 10.0. The molecule has 0 aliphatic rings. The van der Waals surface area contributed by atoms with Crippen LogP contribution in [0.2, 0.25) is 0 Å². The van der Waals surface area contributed by atoms with Crippen LogP contribution in [0, 0.1) is 25.1 Å². The van der Waals surface area contributed by atoms with E-state index in [4.69, 9.17) is 6.42 Å². The third-order valence-electron chi connectivity index (χ3n) is 2.42. The highest BCUT2D eigenvalue weighted by Gasteiger charge is 2.02. The quantitative estimate of drug-likeness (QED) is 0.628. The first kappa shape index (κ1) is 10.4. The first-order valence-electron chi connectivity index (χ1n) is 5.03. The molecule has 16 heavy (non-hydrogen) atoms. The van der Waals surface area contributed by atoms with Gasteiger partial charge in [-0.25, -0.2) is 4.39 Å². The number of hydrogen-bond donors (Lipinski definition) is 0. The summed E-state index contributed by atoms with van der Waals surface area (Å²) in [7, 11) is 0. The third kappa shape index (κ3) is 2.12. The molecule has 0 aliphatic heterocycles. The predicted octanol–water partition coefficient (Wildman–Crippen LogP) is 3.78. The SMILES string of the molecule is C#Cc1cc(F)cc(-c2cccc(C)c2)c1. The first-order chi connectivity index (χ1) is 7.69. The van der Waals surface area contributed by atoms with Crippen molar-refractivity contribution in [2.75, 3.05) is 0 Å². The Hall–Kier alpha value is -2.07. The summed E-state index contributed by atoms with van der Waals surface area (Å²) < 4.78 is 13.3. The van der Waals surface area contributed by atoms with Crippen LogP contribution in [0.4, 0.5) is 4.39 Å². The first-order valence-corrected chi connectivity index (χ1v) is 5.03. The average molecular weight is 210 g/mol. The van der Waals surface area contributed by atoms with Crippen molar-refractivity contribution in [2.24, 2.45) is 0 Å². The van der Waals surface area contributed by atoms with Crippen LogP contribution in [0.1, 0.15) is 11.1 Å². The zero-order valence-corrected chi connectivity index (χ0v) is 9.00. The van der Waals surface area contributed by atoms with Gasteiger partial charge in [0.25, 0.3) is 0 Å². The van der Waals surface area contributed by atoms with E-state index in [1.165, 1.54) is 12.1 Å². The molecule has 0 fully saturated rings. The Kier molecular flexibility index (Phi) is 2.74. The van der Waals surface area contributed by atoms with E-state index >= 15 is 0 Å². The van der Waals surface area contributed by atoms with E-state index in [9.17, 15) is 4.39 Å². The molecule has 0 atom stereocenters. The highest BCUT2D eigenvalue weighted by Crippen LogP contribution is 2.22. The van der Waals surface area contributed by atoms with Crippen molar-refractivity contribution in [3.8, 4) is 23.5 Å². The molecular weight excluding hydrogens is 199 g/mol. The van der Waals surface area contributed by atoms with Gasteiger partial charge < -0.3 is 0 Å². The van der Waals surface area contributed by atoms with Crippen LogP contribution in [0.15, 0.2) is 42.5 Å². The highest BCUT2D eigenvalue weighted by molar-refractivity contribution is 5.66. The van der Waals surface area contributed by atoms with Crippen LogP contribution in [0.5, 0.6) is 0 Å². The van der Waals surface area contributed by atoms with Gasteiger partial charge in [-0.15, -0.1) is 6.42 Å². The summed E-state index contributed by atoms with van der Waals surface area (Å²) in [5, 5.41) is 0. The van der Waals surface area contributed by atoms with Gasteiger partial charge in [-0.1, -0.05) is 35.7 Å². The molecule has 0 radical (unpaired) electrons. The van der Waals surface area contributed by atoms with E-state index in [1.807, 2.05) is 37.3 Å². The van der Waals surface area contributed by atoms with Gasteiger partial charge in [0.2, 0.25) is 0 Å². The third-order valence-corrected chi connectivity index (χ3v) is 2.42. The number of aryl methyl sites for hydroxylation is 1. The molecule has 0 heterocycles. The zero-order chi connectivity index (χ0) is 11.5. The molecule has 2 aromatic carbocycles. The Bertz CT molecular complexity index is 562. The topological polar surface area (TPSA) is 0 Å². The number of terminal acetylenes is 1. The fourth-order valence-electron chi connectivity index (χ4n) is 1.66. The highest BCUT2D eigenvalue weighted by atomic mass is 19.1. The van der Waals surface area contributed by atoms with E-state index < -0.39 is 0 Å². The lowest BCUT2D eigenvalue weighted by Gasteiger charge is -2.04. The molecule has 1 heteroatoms. The maximum absolute atomic E-state index is 13.3. The summed E-state index contributed by atoms with van der Waals surface area (Å²) in [5.41, 5.74) is 3.51. The summed E-state index contributed by atoms with van der Waals surface area (Å²) >= 11 is 0. The van der Waals surface area contributed by atoms with Crippen LogP contribution >= 0.6 is 0 Å². The van der Waals surface area contributed by atoms with Crippen molar-refractivity contribution in [1.82, 2.24) is 0 Å². The smallest absolute Gasteiger partial charge is 0.125 e. The minimum Gasteiger partial charge on any atom is -0.207 e. The van der Waals surface area contributed by atoms with Crippen molar-refractivity contribution >= 4 is 0 Å². The minimum atomic E-state index is -0.299. The Morgan fingerprint density at radius 1 is 1.06 bits per heavy atom. The number of hydrogen-bond acceptors (Lipinski definition) is 0. The van der Waals surface area contributed by atoms with Crippen LogP contribution in [-0.4, -0.2) is 0 Å². The summed E-state index contributed by atoms with van der Waals surface area (Å²) in [6.07, 6.45) is 5.28. The summed E-state index contributed by atoms with van der Waals surface area (Å²) in [4.78, 5) is 0. The van der Waals surface area contributed by atoms with E-state index in [1.54, 1.807) is 0 Å². The lowest BCUT2D eigenvalue weighted by molar-refractivity contribution is 0.628. The van der Waals surface area contributed by atoms with Gasteiger partial charge in [-0.3, -0.25) is 0 Å². The van der Waals surface area contributed by atoms with Gasteiger partial charge in [-0.05, 0) is 36.2 Å². The normalized spacial score (nSPS) is 9.81. The molecule has 0 aliphatic carbocycles. The molecule has 0 nitrogen and oxygen atoms in total. The van der Waals surface area contributed by atoms with E-state index in [-0.39, 0.29) is 5.82 Å². The van der Waals surface area contributed by atoms with E-state index in [0.29, 0.717) is 5.56 Å². The second-order valence-corrected chi connectivity index (χ2v) is 3.74. The maximum Gasteiger partial charge on any atom is 0.125 e. The molecule has 0 bridgehead atoms. The number of benzene rings is 2. The van der Waals surface area contributed by atoms with Crippen LogP contribution in [0.3, 0.4) is 0 Å². The van der Waals surface area contributed by atoms with Crippen molar-refractivity contribution in [1.29, 1.82) is 0 Å². The Morgan fingerprint density at radius 2 is 1.88 bits per heavy atom. The lowest BCUT2D eigenvalue weighted by Crippen LogP contribution is -1.84. The fourth-order valence-corrected chi connectivity index (χ4v) is 1.66. The molecule has 0 aromatic heterocycles. The van der Waals surface area contributed by atoms with Crippen molar-refractivity contribution in [2.45, 2.75) is 6.92 Å². The number of rotatable bonds is 1. The molecule has 0 saturated carbocycles. The largest absolute Gasteiger partial charge is 0.207 e. The summed E-state index contributed by atoms with van der Waals surface area (Å²) in [6.45, 7) is 2.00. The molecular formula is C15H11F. The van der Waals surface area contributed by atoms with Gasteiger partial charge in [0.1, 0.15) is 5.82 Å². The Labute approximate surface area is 94.7 Å². The second kappa shape index (κ2) is 4.20. The van der Waals surface area contributed by atoms with E-state index in [0.717, 1.165) is 16.7 Å². The molecule has 2 rings (SSSR count). The van der Waals surface area contributed by atoms with Crippen molar-refractivity contribution < 1.29 is 4.39 Å². The fraction of sp³-hybridized carbons (Fsp3) is 0.0667. The maximum atomic E-state index is 13.3. The van der Waals surface area contributed by atoms with Gasteiger partial charge in [0.05, 0.1) is 0 Å². The van der Waals surface area contributed by atoms with Gasteiger partial charge in [0.15, 0.2) is 0 Å². The molecule has 0 amide bonds. The van der Waals surface area contributed by atoms with E-state index in [2.05, 4.69) is 5.92 Å². The zero-order valence-electron chi connectivity index (χ0n) is 9.00. The average Bonchev–Trinajstić information content (AvgIpc) is 2.28.